The minimum atomic E-state index is -2.90. The molecule has 0 aromatic heterocycles. The normalized spacial score (nSPS) is 16.7. The van der Waals surface area contributed by atoms with Crippen molar-refractivity contribution in [2.45, 2.75) is 87.3 Å². The molecule has 0 fully saturated rings. The predicted molar refractivity (Wildman–Crippen MR) is 251 cm³/mol. The van der Waals surface area contributed by atoms with Crippen molar-refractivity contribution in [3.8, 4) is 33.4 Å². The predicted octanol–water partition coefficient (Wildman–Crippen LogP) is 12.6. The van der Waals surface area contributed by atoms with Gasteiger partial charge in [0.15, 0.2) is 0 Å². The fourth-order valence-corrected chi connectivity index (χ4v) is 25.4. The average Bonchev–Trinajstić information content (AvgIpc) is 3.95. The zero-order valence-electron chi connectivity index (χ0n) is 35.5. The number of aryl methyl sites for hydroxylation is 2. The van der Waals surface area contributed by atoms with E-state index in [2.05, 4.69) is 181 Å². The number of fused-ring (bicyclic) bond motifs is 5. The standard InChI is InChI=1S/2C22H25.C12H9Si.Zr/c2*1-4-5-9-17-10-6-7-12-20(17)21-13-8-11-18-14-19(16(2)3)15-22(18)21;1-3-7-11-9(5-1)10-6-2-4-8-12(10)13-11;/h2*6-8,10-16H,4-5,9H2,1-3H3;1-7H,13H2;. The van der Waals surface area contributed by atoms with E-state index in [1.807, 2.05) is 0 Å². The summed E-state index contributed by atoms with van der Waals surface area (Å²) in [5, 5.41) is 3.39. The summed E-state index contributed by atoms with van der Waals surface area (Å²) >= 11 is -2.90. The molecule has 0 N–H and O–H groups in total. The first-order chi connectivity index (χ1) is 28.4. The molecule has 6 aromatic carbocycles. The third-order valence-electron chi connectivity index (χ3n) is 13.5. The summed E-state index contributed by atoms with van der Waals surface area (Å²) in [4.78, 5) is 0. The molecular weight excluding hydrogens is 792 g/mol. The molecule has 0 saturated carbocycles. The van der Waals surface area contributed by atoms with Crippen molar-refractivity contribution < 1.29 is 21.8 Å². The van der Waals surface area contributed by atoms with Crippen LogP contribution in [0.5, 0.6) is 0 Å². The maximum atomic E-state index is 2.70. The van der Waals surface area contributed by atoms with Crippen LogP contribution in [0.25, 0.3) is 45.5 Å². The van der Waals surface area contributed by atoms with Gasteiger partial charge in [-0.2, -0.15) is 0 Å². The van der Waals surface area contributed by atoms with Crippen LogP contribution in [0.2, 0.25) is 0 Å². The molecule has 291 valence electrons. The molecule has 1 heterocycles. The fourth-order valence-electron chi connectivity index (χ4n) is 10.7. The Labute approximate surface area is 359 Å². The van der Waals surface area contributed by atoms with Crippen molar-refractivity contribution in [2.24, 2.45) is 11.8 Å². The van der Waals surface area contributed by atoms with Gasteiger partial charge in [0.2, 0.25) is 0 Å². The molecule has 0 radical (unpaired) electrons. The molecule has 0 spiro atoms. The van der Waals surface area contributed by atoms with Crippen molar-refractivity contribution in [3.05, 3.63) is 172 Å². The number of unbranched alkanes of at least 4 members (excludes halogenated alkanes) is 2. The summed E-state index contributed by atoms with van der Waals surface area (Å²) in [5.41, 5.74) is 21.3. The summed E-state index contributed by atoms with van der Waals surface area (Å²) in [6.45, 7) is 14.5. The molecule has 2 aliphatic carbocycles. The zero-order chi connectivity index (χ0) is 39.9. The Morgan fingerprint density at radius 2 is 0.931 bits per heavy atom. The molecule has 2 unspecified atom stereocenters. The third kappa shape index (κ3) is 6.97. The van der Waals surface area contributed by atoms with Gasteiger partial charge in [0.05, 0.1) is 0 Å². The second-order valence-electron chi connectivity index (χ2n) is 17.7. The van der Waals surface area contributed by atoms with E-state index in [-0.39, 0.29) is 0 Å². The number of allylic oxidation sites excluding steroid dienone is 2. The van der Waals surface area contributed by atoms with Crippen molar-refractivity contribution in [3.63, 3.8) is 0 Å². The average molecular weight is 851 g/mol. The molecule has 0 bridgehead atoms. The molecule has 2 atom stereocenters. The summed E-state index contributed by atoms with van der Waals surface area (Å²) in [7, 11) is -0.626. The molecule has 0 saturated heterocycles. The van der Waals surface area contributed by atoms with Gasteiger partial charge in [-0.15, -0.1) is 0 Å². The van der Waals surface area contributed by atoms with Gasteiger partial charge in [-0.05, 0) is 0 Å². The SMILES string of the molecule is CCCCc1ccccc1-c1cccc2c1C=C(C(C)C)[CH]2[Zr]([c]1cccc2c1[SiH2]c1ccccc1-2)[CH]1C(C(C)C)=Cc2c(-c3ccccc3CCCC)cccc21. The molecule has 0 nitrogen and oxygen atoms in total. The second-order valence-corrected chi connectivity index (χ2v) is 25.9. The van der Waals surface area contributed by atoms with E-state index >= 15 is 0 Å². The van der Waals surface area contributed by atoms with Gasteiger partial charge in [0.1, 0.15) is 0 Å². The Bertz CT molecular complexity index is 2420. The molecule has 3 aliphatic rings. The summed E-state index contributed by atoms with van der Waals surface area (Å²) < 4.78 is 2.71. The van der Waals surface area contributed by atoms with Crippen LogP contribution in [-0.2, 0) is 34.6 Å². The van der Waals surface area contributed by atoms with E-state index in [9.17, 15) is 0 Å². The number of benzene rings is 6. The molecular formula is C56H59SiZr. The van der Waals surface area contributed by atoms with E-state index in [4.69, 9.17) is 0 Å². The first-order valence-corrected chi connectivity index (χ1v) is 27.8. The van der Waals surface area contributed by atoms with E-state index < -0.39 is 31.3 Å². The monoisotopic (exact) mass is 849 g/mol. The topological polar surface area (TPSA) is 0 Å². The van der Waals surface area contributed by atoms with Crippen LogP contribution in [0.4, 0.5) is 0 Å². The van der Waals surface area contributed by atoms with Gasteiger partial charge in [-0.25, -0.2) is 0 Å². The Hall–Kier alpha value is -4.10. The van der Waals surface area contributed by atoms with Crippen LogP contribution >= 0.6 is 0 Å². The Morgan fingerprint density at radius 1 is 0.483 bits per heavy atom. The van der Waals surface area contributed by atoms with Crippen molar-refractivity contribution >= 4 is 35.3 Å². The van der Waals surface area contributed by atoms with Gasteiger partial charge in [-0.3, -0.25) is 0 Å². The van der Waals surface area contributed by atoms with E-state index in [1.165, 1.54) is 81.3 Å². The summed E-state index contributed by atoms with van der Waals surface area (Å²) in [6.07, 6.45) is 12.5. The zero-order valence-corrected chi connectivity index (χ0v) is 39.4. The quantitative estimate of drug-likeness (QED) is 0.101. The van der Waals surface area contributed by atoms with Gasteiger partial charge < -0.3 is 0 Å². The van der Waals surface area contributed by atoms with Crippen molar-refractivity contribution in [1.29, 1.82) is 0 Å². The first kappa shape index (κ1) is 39.4. The van der Waals surface area contributed by atoms with Crippen molar-refractivity contribution in [1.82, 2.24) is 0 Å². The molecule has 6 aromatic rings. The van der Waals surface area contributed by atoms with Crippen LogP contribution in [0.3, 0.4) is 0 Å². The van der Waals surface area contributed by atoms with Crippen LogP contribution in [-0.4, -0.2) is 9.52 Å². The van der Waals surface area contributed by atoms with E-state index in [0.717, 1.165) is 12.8 Å². The summed E-state index contributed by atoms with van der Waals surface area (Å²) in [5.74, 6) is 0.929. The van der Waals surface area contributed by atoms with Gasteiger partial charge >= 0.3 is 362 Å². The van der Waals surface area contributed by atoms with Crippen molar-refractivity contribution in [2.75, 3.05) is 0 Å². The number of hydrogen-bond acceptors (Lipinski definition) is 0. The summed E-state index contributed by atoms with van der Waals surface area (Å²) in [6, 6.07) is 50.3. The molecule has 0 amide bonds. The number of hydrogen-bond donors (Lipinski definition) is 0. The van der Waals surface area contributed by atoms with Crippen LogP contribution < -0.4 is 13.6 Å². The van der Waals surface area contributed by atoms with Gasteiger partial charge in [-0.1, -0.05) is 0 Å². The molecule has 58 heavy (non-hydrogen) atoms. The molecule has 9 rings (SSSR count). The Morgan fingerprint density at radius 3 is 1.45 bits per heavy atom. The van der Waals surface area contributed by atoms with Crippen LogP contribution in [0.1, 0.15) is 108 Å². The molecule has 2 heteroatoms. The second kappa shape index (κ2) is 16.9. The Kier molecular flexibility index (Phi) is 11.5. The van der Waals surface area contributed by atoms with Crippen LogP contribution in [0.15, 0.2) is 139 Å². The third-order valence-corrected chi connectivity index (χ3v) is 25.4. The first-order valence-electron chi connectivity index (χ1n) is 22.3. The Balaban J connectivity index is 1.29. The van der Waals surface area contributed by atoms with Gasteiger partial charge in [0.25, 0.3) is 0 Å². The van der Waals surface area contributed by atoms with Crippen LogP contribution in [0, 0.1) is 11.8 Å². The number of rotatable bonds is 13. The van der Waals surface area contributed by atoms with E-state index in [0.29, 0.717) is 19.1 Å². The van der Waals surface area contributed by atoms with Gasteiger partial charge in [0, 0.05) is 0 Å². The maximum absolute atomic E-state index is 2.90. The van der Waals surface area contributed by atoms with E-state index in [1.54, 1.807) is 35.9 Å². The molecule has 1 aliphatic heterocycles. The fraction of sp³-hybridized carbons (Fsp3) is 0.286. The minimum absolute atomic E-state index is 0.461.